The van der Waals surface area contributed by atoms with Crippen molar-refractivity contribution in [3.63, 3.8) is 0 Å². The number of phenols is 1. The molecule has 1 atom stereocenters. The first kappa shape index (κ1) is 20.1. The standard InChI is InChI=1S/C25H27NO4/c1-13-10-18(27)24-16(8-7-9-19(24)28-4)22(13)25-17-11-14(2)26-15(3)23(17)20(29-5)12-21(25)30-6/h7-10,12,14,27H,11H2,1-6H3/t14-/m0/s1. The Morgan fingerprint density at radius 2 is 1.57 bits per heavy atom. The van der Waals surface area contributed by atoms with Gasteiger partial charge in [0.05, 0.1) is 32.8 Å². The van der Waals surface area contributed by atoms with E-state index in [9.17, 15) is 5.11 Å². The van der Waals surface area contributed by atoms with E-state index in [1.807, 2.05) is 38.1 Å². The first-order valence-corrected chi connectivity index (χ1v) is 10.0. The molecule has 1 aliphatic heterocycles. The fourth-order valence-corrected chi connectivity index (χ4v) is 4.69. The molecule has 0 unspecified atom stereocenters. The van der Waals surface area contributed by atoms with E-state index in [0.29, 0.717) is 11.1 Å². The summed E-state index contributed by atoms with van der Waals surface area (Å²) in [4.78, 5) is 4.78. The van der Waals surface area contributed by atoms with E-state index in [0.717, 1.165) is 56.8 Å². The third kappa shape index (κ3) is 2.96. The van der Waals surface area contributed by atoms with Gasteiger partial charge in [-0.25, -0.2) is 0 Å². The summed E-state index contributed by atoms with van der Waals surface area (Å²) in [7, 11) is 4.97. The van der Waals surface area contributed by atoms with Gasteiger partial charge in [-0.05, 0) is 61.4 Å². The zero-order chi connectivity index (χ0) is 21.6. The Hall–Kier alpha value is -3.21. The van der Waals surface area contributed by atoms with E-state index in [4.69, 9.17) is 19.2 Å². The number of ether oxygens (including phenoxy) is 3. The Morgan fingerprint density at radius 1 is 0.900 bits per heavy atom. The Labute approximate surface area is 176 Å². The molecule has 0 saturated heterocycles. The van der Waals surface area contributed by atoms with Crippen molar-refractivity contribution in [2.24, 2.45) is 4.99 Å². The molecule has 30 heavy (non-hydrogen) atoms. The molecule has 0 aromatic heterocycles. The van der Waals surface area contributed by atoms with Crippen LogP contribution in [-0.4, -0.2) is 38.2 Å². The normalized spacial score (nSPS) is 15.5. The Morgan fingerprint density at radius 3 is 2.23 bits per heavy atom. The molecule has 1 heterocycles. The molecule has 5 heteroatoms. The third-order valence-corrected chi connectivity index (χ3v) is 5.84. The third-order valence-electron chi connectivity index (χ3n) is 5.84. The van der Waals surface area contributed by atoms with Crippen molar-refractivity contribution < 1.29 is 19.3 Å². The lowest BCUT2D eigenvalue weighted by Gasteiger charge is -2.27. The van der Waals surface area contributed by atoms with Crippen LogP contribution in [0.15, 0.2) is 35.3 Å². The molecule has 0 saturated carbocycles. The maximum absolute atomic E-state index is 10.7. The van der Waals surface area contributed by atoms with E-state index >= 15 is 0 Å². The van der Waals surface area contributed by atoms with Crippen molar-refractivity contribution in [1.29, 1.82) is 0 Å². The second-order valence-electron chi connectivity index (χ2n) is 7.75. The van der Waals surface area contributed by atoms with Crippen LogP contribution in [0, 0.1) is 6.92 Å². The Balaban J connectivity index is 2.19. The van der Waals surface area contributed by atoms with Crippen molar-refractivity contribution in [2.45, 2.75) is 33.2 Å². The van der Waals surface area contributed by atoms with Crippen LogP contribution in [0.1, 0.15) is 30.5 Å². The number of nitrogens with zero attached hydrogens (tertiary/aromatic N) is 1. The number of hydrogen-bond acceptors (Lipinski definition) is 5. The van der Waals surface area contributed by atoms with Gasteiger partial charge in [0.15, 0.2) is 0 Å². The molecule has 3 aromatic carbocycles. The van der Waals surface area contributed by atoms with E-state index in [1.165, 1.54) is 0 Å². The highest BCUT2D eigenvalue weighted by Crippen LogP contribution is 2.48. The lowest BCUT2D eigenvalue weighted by atomic mass is 9.83. The van der Waals surface area contributed by atoms with Crippen LogP contribution < -0.4 is 14.2 Å². The minimum atomic E-state index is 0.159. The number of phenolic OH excluding ortho intramolecular Hbond substituents is 1. The van der Waals surface area contributed by atoms with Gasteiger partial charge >= 0.3 is 0 Å². The van der Waals surface area contributed by atoms with E-state index < -0.39 is 0 Å². The molecule has 0 spiro atoms. The van der Waals surface area contributed by atoms with Crippen molar-refractivity contribution in [1.82, 2.24) is 0 Å². The largest absolute Gasteiger partial charge is 0.507 e. The van der Waals surface area contributed by atoms with Crippen LogP contribution in [0.2, 0.25) is 0 Å². The number of aromatic hydroxyl groups is 1. The molecule has 0 bridgehead atoms. The summed E-state index contributed by atoms with van der Waals surface area (Å²) in [6, 6.07) is 9.71. The summed E-state index contributed by atoms with van der Waals surface area (Å²) < 4.78 is 17.1. The average molecular weight is 405 g/mol. The number of hydrogen-bond donors (Lipinski definition) is 1. The van der Waals surface area contributed by atoms with Crippen LogP contribution in [0.5, 0.6) is 23.0 Å². The number of benzene rings is 3. The molecule has 1 aliphatic rings. The second kappa shape index (κ2) is 7.56. The minimum absolute atomic E-state index is 0.159. The monoisotopic (exact) mass is 405 g/mol. The molecule has 4 rings (SSSR count). The minimum Gasteiger partial charge on any atom is -0.507 e. The fourth-order valence-electron chi connectivity index (χ4n) is 4.69. The molecule has 3 aromatic rings. The van der Waals surface area contributed by atoms with Crippen LogP contribution in [0.3, 0.4) is 0 Å². The van der Waals surface area contributed by atoms with E-state index in [-0.39, 0.29) is 11.8 Å². The first-order chi connectivity index (χ1) is 14.4. The molecular weight excluding hydrogens is 378 g/mol. The summed E-state index contributed by atoms with van der Waals surface area (Å²) in [6.07, 6.45) is 0.779. The van der Waals surface area contributed by atoms with Gasteiger partial charge in [0.1, 0.15) is 23.0 Å². The number of aryl methyl sites for hydroxylation is 1. The van der Waals surface area contributed by atoms with Crippen LogP contribution in [0.25, 0.3) is 21.9 Å². The lowest BCUT2D eigenvalue weighted by Crippen LogP contribution is -2.19. The van der Waals surface area contributed by atoms with Gasteiger partial charge in [0.25, 0.3) is 0 Å². The van der Waals surface area contributed by atoms with Crippen molar-refractivity contribution in [3.05, 3.63) is 47.0 Å². The summed E-state index contributed by atoms with van der Waals surface area (Å²) in [6.45, 7) is 6.16. The number of rotatable bonds is 4. The topological polar surface area (TPSA) is 60.3 Å². The predicted octanol–water partition coefficient (Wildman–Crippen LogP) is 5.30. The quantitative estimate of drug-likeness (QED) is 0.640. The molecular formula is C25H27NO4. The van der Waals surface area contributed by atoms with Gasteiger partial charge in [-0.1, -0.05) is 12.1 Å². The summed E-state index contributed by atoms with van der Waals surface area (Å²) in [5.41, 5.74) is 6.15. The molecule has 0 aliphatic carbocycles. The van der Waals surface area contributed by atoms with E-state index in [1.54, 1.807) is 27.4 Å². The number of aliphatic imine (C=N–C) groups is 1. The van der Waals surface area contributed by atoms with Gasteiger partial charge in [-0.2, -0.15) is 0 Å². The Kier molecular flexibility index (Phi) is 5.06. The van der Waals surface area contributed by atoms with Crippen molar-refractivity contribution in [3.8, 4) is 34.1 Å². The molecule has 156 valence electrons. The van der Waals surface area contributed by atoms with Gasteiger partial charge in [0.2, 0.25) is 0 Å². The van der Waals surface area contributed by atoms with Gasteiger partial charge in [-0.3, -0.25) is 4.99 Å². The van der Waals surface area contributed by atoms with Crippen LogP contribution >= 0.6 is 0 Å². The molecule has 1 N–H and O–H groups in total. The smallest absolute Gasteiger partial charge is 0.131 e. The Bertz CT molecular complexity index is 1180. The van der Waals surface area contributed by atoms with Crippen molar-refractivity contribution >= 4 is 16.5 Å². The molecule has 0 amide bonds. The van der Waals surface area contributed by atoms with Crippen LogP contribution in [-0.2, 0) is 6.42 Å². The zero-order valence-corrected chi connectivity index (χ0v) is 18.3. The summed E-state index contributed by atoms with van der Waals surface area (Å²) in [5.74, 6) is 2.34. The molecule has 0 fully saturated rings. The maximum Gasteiger partial charge on any atom is 0.131 e. The summed E-state index contributed by atoms with van der Waals surface area (Å²) >= 11 is 0. The van der Waals surface area contributed by atoms with E-state index in [2.05, 4.69) is 6.92 Å². The highest BCUT2D eigenvalue weighted by molar-refractivity contribution is 6.10. The SMILES string of the molecule is COc1cc(OC)c(-c2c(C)cc(O)c3c(OC)cccc23)c2c1C(C)=N[C@@H](C)C2. The zero-order valence-electron chi connectivity index (χ0n) is 18.3. The average Bonchev–Trinajstić information content (AvgIpc) is 2.72. The number of fused-ring (bicyclic) bond motifs is 2. The first-order valence-electron chi connectivity index (χ1n) is 10.0. The van der Waals surface area contributed by atoms with Gasteiger partial charge in [-0.15, -0.1) is 0 Å². The van der Waals surface area contributed by atoms with Gasteiger partial charge in [0, 0.05) is 22.9 Å². The van der Waals surface area contributed by atoms with Crippen LogP contribution in [0.4, 0.5) is 0 Å². The molecule has 0 radical (unpaired) electrons. The maximum atomic E-state index is 10.7. The number of methoxy groups -OCH3 is 3. The lowest BCUT2D eigenvalue weighted by molar-refractivity contribution is 0.393. The van der Waals surface area contributed by atoms with Crippen molar-refractivity contribution in [2.75, 3.05) is 21.3 Å². The molecule has 5 nitrogen and oxygen atoms in total. The predicted molar refractivity (Wildman–Crippen MR) is 121 cm³/mol. The fraction of sp³-hybridized carbons (Fsp3) is 0.320. The summed E-state index contributed by atoms with van der Waals surface area (Å²) in [5, 5.41) is 12.3. The van der Waals surface area contributed by atoms with Gasteiger partial charge < -0.3 is 19.3 Å². The highest BCUT2D eigenvalue weighted by Gasteiger charge is 2.28. The second-order valence-corrected chi connectivity index (χ2v) is 7.75. The highest BCUT2D eigenvalue weighted by atomic mass is 16.5.